The molecule has 0 aromatic rings. The fourth-order valence-electron chi connectivity index (χ4n) is 2.86. The minimum absolute atomic E-state index is 0.0431. The molecule has 0 aliphatic heterocycles. The normalized spacial score (nSPS) is 34.7. The van der Waals surface area contributed by atoms with Crippen molar-refractivity contribution in [3.8, 4) is 0 Å². The summed E-state index contributed by atoms with van der Waals surface area (Å²) in [5.41, 5.74) is -0.939. The average molecular weight is 208 g/mol. The molecule has 1 saturated carbocycles. The van der Waals surface area contributed by atoms with Crippen molar-refractivity contribution in [1.82, 2.24) is 0 Å². The highest BCUT2D eigenvalue weighted by atomic mass is 16.5. The molecule has 2 atom stereocenters. The number of Topliss-reactive ketones (excluding diaryl/α,β-unsaturated/α-hetero) is 1. The van der Waals surface area contributed by atoms with Crippen LogP contribution in [0, 0.1) is 11.3 Å². The number of hydrogen-bond acceptors (Lipinski definition) is 3. The Morgan fingerprint density at radius 2 is 2.33 bits per heavy atom. The van der Waals surface area contributed by atoms with Gasteiger partial charge in [-0.25, -0.2) is 0 Å². The highest BCUT2D eigenvalue weighted by molar-refractivity contribution is 6.06. The summed E-state index contributed by atoms with van der Waals surface area (Å²) in [5.74, 6) is -0.161. The predicted octanol–water partition coefficient (Wildman–Crippen LogP) is 1.86. The number of methoxy groups -OCH3 is 1. The molecule has 2 rings (SSSR count). The van der Waals surface area contributed by atoms with Gasteiger partial charge in [0.2, 0.25) is 0 Å². The standard InChI is InChI=1S/C12H16O3/c1-15-11(14)12-8-3-2-5-9(12)6-4-7-10(12)13/h3,8-9H,2,4-7H2,1H3/t9-,12+/m1/s1. The molecule has 0 unspecified atom stereocenters. The van der Waals surface area contributed by atoms with E-state index in [1.54, 1.807) is 6.08 Å². The van der Waals surface area contributed by atoms with Gasteiger partial charge in [-0.2, -0.15) is 0 Å². The van der Waals surface area contributed by atoms with Gasteiger partial charge in [-0.05, 0) is 31.6 Å². The molecule has 0 heterocycles. The number of allylic oxidation sites excluding steroid dienone is 1. The maximum absolute atomic E-state index is 12.0. The van der Waals surface area contributed by atoms with Crippen LogP contribution >= 0.6 is 0 Å². The van der Waals surface area contributed by atoms with Crippen LogP contribution in [0.4, 0.5) is 0 Å². The lowest BCUT2D eigenvalue weighted by Gasteiger charge is -2.40. The van der Waals surface area contributed by atoms with Crippen LogP contribution in [0.1, 0.15) is 32.1 Å². The van der Waals surface area contributed by atoms with Crippen molar-refractivity contribution in [1.29, 1.82) is 0 Å². The highest BCUT2D eigenvalue weighted by Crippen LogP contribution is 2.45. The molecule has 15 heavy (non-hydrogen) atoms. The van der Waals surface area contributed by atoms with E-state index < -0.39 is 5.41 Å². The number of carbonyl (C=O) groups is 2. The van der Waals surface area contributed by atoms with E-state index >= 15 is 0 Å². The summed E-state index contributed by atoms with van der Waals surface area (Å²) >= 11 is 0. The van der Waals surface area contributed by atoms with Crippen LogP contribution in [0.5, 0.6) is 0 Å². The third kappa shape index (κ3) is 1.41. The largest absolute Gasteiger partial charge is 0.468 e. The molecule has 3 nitrogen and oxygen atoms in total. The van der Waals surface area contributed by atoms with Gasteiger partial charge < -0.3 is 4.74 Å². The van der Waals surface area contributed by atoms with Crippen LogP contribution in [0.15, 0.2) is 12.2 Å². The molecular weight excluding hydrogens is 192 g/mol. The summed E-state index contributed by atoms with van der Waals surface area (Å²) < 4.78 is 4.81. The lowest BCUT2D eigenvalue weighted by Crippen LogP contribution is -2.48. The zero-order valence-electron chi connectivity index (χ0n) is 8.99. The zero-order chi connectivity index (χ0) is 10.9. The van der Waals surface area contributed by atoms with E-state index in [1.807, 2.05) is 6.08 Å². The van der Waals surface area contributed by atoms with Crippen LogP contribution in [0.3, 0.4) is 0 Å². The van der Waals surface area contributed by atoms with E-state index in [4.69, 9.17) is 4.74 Å². The molecule has 0 spiro atoms. The second kappa shape index (κ2) is 3.80. The van der Waals surface area contributed by atoms with Crippen LogP contribution in [0.25, 0.3) is 0 Å². The molecule has 0 aromatic heterocycles. The van der Waals surface area contributed by atoms with E-state index in [0.717, 1.165) is 25.7 Å². The second-order valence-corrected chi connectivity index (χ2v) is 4.35. The Bertz CT molecular complexity index is 309. The van der Waals surface area contributed by atoms with Crippen molar-refractivity contribution < 1.29 is 14.3 Å². The predicted molar refractivity (Wildman–Crippen MR) is 55.2 cm³/mol. The Morgan fingerprint density at radius 1 is 1.53 bits per heavy atom. The van der Waals surface area contributed by atoms with Gasteiger partial charge in [0.1, 0.15) is 5.41 Å². The second-order valence-electron chi connectivity index (χ2n) is 4.35. The molecule has 3 heteroatoms. The van der Waals surface area contributed by atoms with E-state index in [0.29, 0.717) is 6.42 Å². The van der Waals surface area contributed by atoms with Gasteiger partial charge in [-0.15, -0.1) is 0 Å². The van der Waals surface area contributed by atoms with Gasteiger partial charge in [-0.1, -0.05) is 12.2 Å². The average Bonchev–Trinajstić information content (AvgIpc) is 2.28. The van der Waals surface area contributed by atoms with Crippen molar-refractivity contribution in [2.24, 2.45) is 11.3 Å². The van der Waals surface area contributed by atoms with Crippen molar-refractivity contribution >= 4 is 11.8 Å². The van der Waals surface area contributed by atoms with Crippen molar-refractivity contribution in [3.63, 3.8) is 0 Å². The van der Waals surface area contributed by atoms with Gasteiger partial charge in [-0.3, -0.25) is 9.59 Å². The van der Waals surface area contributed by atoms with Crippen LogP contribution in [-0.2, 0) is 14.3 Å². The molecule has 0 N–H and O–H groups in total. The first kappa shape index (κ1) is 10.4. The minimum atomic E-state index is -0.939. The summed E-state index contributed by atoms with van der Waals surface area (Å²) in [6.07, 6.45) is 8.01. The number of ketones is 1. The Balaban J connectivity index is 2.42. The Morgan fingerprint density at radius 3 is 3.07 bits per heavy atom. The van der Waals surface area contributed by atoms with Crippen LogP contribution in [0.2, 0.25) is 0 Å². The first-order valence-corrected chi connectivity index (χ1v) is 5.51. The van der Waals surface area contributed by atoms with Gasteiger partial charge in [0.05, 0.1) is 7.11 Å². The third-order valence-corrected chi connectivity index (χ3v) is 3.65. The lowest BCUT2D eigenvalue weighted by atomic mass is 9.61. The van der Waals surface area contributed by atoms with Crippen molar-refractivity contribution in [2.75, 3.05) is 7.11 Å². The third-order valence-electron chi connectivity index (χ3n) is 3.65. The summed E-state index contributed by atoms with van der Waals surface area (Å²) in [7, 11) is 1.36. The fraction of sp³-hybridized carbons (Fsp3) is 0.667. The lowest BCUT2D eigenvalue weighted by molar-refractivity contribution is -0.160. The molecule has 82 valence electrons. The van der Waals surface area contributed by atoms with E-state index in [2.05, 4.69) is 0 Å². The molecule has 0 saturated heterocycles. The molecule has 2 aliphatic carbocycles. The molecule has 0 bridgehead atoms. The van der Waals surface area contributed by atoms with Gasteiger partial charge in [0.25, 0.3) is 0 Å². The smallest absolute Gasteiger partial charge is 0.323 e. The quantitative estimate of drug-likeness (QED) is 0.375. The number of carbonyl (C=O) groups excluding carboxylic acids is 2. The Kier molecular flexibility index (Phi) is 2.63. The Hall–Kier alpha value is -1.12. The van der Waals surface area contributed by atoms with Crippen LogP contribution < -0.4 is 0 Å². The first-order valence-electron chi connectivity index (χ1n) is 5.51. The molecule has 1 fully saturated rings. The summed E-state index contributed by atoms with van der Waals surface area (Å²) in [5, 5.41) is 0. The molecule has 0 amide bonds. The zero-order valence-corrected chi connectivity index (χ0v) is 8.99. The maximum Gasteiger partial charge on any atom is 0.323 e. The Labute approximate surface area is 89.5 Å². The van der Waals surface area contributed by atoms with E-state index in [1.165, 1.54) is 7.11 Å². The molecule has 0 aromatic carbocycles. The summed E-state index contributed by atoms with van der Waals surface area (Å²) in [6.45, 7) is 0. The van der Waals surface area contributed by atoms with Crippen molar-refractivity contribution in [3.05, 3.63) is 12.2 Å². The molecule has 2 aliphatic rings. The maximum atomic E-state index is 12.0. The topological polar surface area (TPSA) is 43.4 Å². The number of fused-ring (bicyclic) bond motifs is 1. The van der Waals surface area contributed by atoms with E-state index in [9.17, 15) is 9.59 Å². The molecule has 0 radical (unpaired) electrons. The molecular formula is C12H16O3. The SMILES string of the molecule is COC(=O)[C@@]12C=CCC[C@@H]1CCCC2=O. The summed E-state index contributed by atoms with van der Waals surface area (Å²) in [4.78, 5) is 23.8. The first-order chi connectivity index (χ1) is 7.21. The minimum Gasteiger partial charge on any atom is -0.468 e. The van der Waals surface area contributed by atoms with Gasteiger partial charge in [0.15, 0.2) is 5.78 Å². The van der Waals surface area contributed by atoms with Gasteiger partial charge >= 0.3 is 5.97 Å². The monoisotopic (exact) mass is 208 g/mol. The fourth-order valence-corrected chi connectivity index (χ4v) is 2.86. The highest BCUT2D eigenvalue weighted by Gasteiger charge is 2.52. The number of hydrogen-bond donors (Lipinski definition) is 0. The van der Waals surface area contributed by atoms with Crippen LogP contribution in [-0.4, -0.2) is 18.9 Å². The number of esters is 1. The number of rotatable bonds is 1. The number of ether oxygens (including phenoxy) is 1. The van der Waals surface area contributed by atoms with E-state index in [-0.39, 0.29) is 17.7 Å². The van der Waals surface area contributed by atoms with Gasteiger partial charge in [0, 0.05) is 6.42 Å². The summed E-state index contributed by atoms with van der Waals surface area (Å²) in [6, 6.07) is 0. The van der Waals surface area contributed by atoms with Crippen molar-refractivity contribution in [2.45, 2.75) is 32.1 Å².